The number of hydrogen-bond acceptors (Lipinski definition) is 5. The summed E-state index contributed by atoms with van der Waals surface area (Å²) in [7, 11) is 0. The average Bonchev–Trinajstić information content (AvgIpc) is 3.14. The molecule has 0 saturated carbocycles. The van der Waals surface area contributed by atoms with Gasteiger partial charge in [-0.15, -0.1) is 11.3 Å². The zero-order valence-electron chi connectivity index (χ0n) is 15.1. The van der Waals surface area contributed by atoms with Crippen LogP contribution in [0.1, 0.15) is 22.2 Å². The molecule has 0 radical (unpaired) electrons. The maximum atomic E-state index is 12.5. The van der Waals surface area contributed by atoms with Crippen LogP contribution in [0.25, 0.3) is 0 Å². The van der Waals surface area contributed by atoms with Gasteiger partial charge in [0.15, 0.2) is 0 Å². The molecule has 0 fully saturated rings. The molecule has 1 aromatic heterocycles. The minimum Gasteiger partial charge on any atom is -0.427 e. The van der Waals surface area contributed by atoms with E-state index in [-0.39, 0.29) is 11.8 Å². The van der Waals surface area contributed by atoms with Crippen LogP contribution in [0.4, 0.5) is 11.4 Å². The molecular formula is C21H18N2O4S. The molecule has 0 atom stereocenters. The van der Waals surface area contributed by atoms with Crippen LogP contribution in [0.3, 0.4) is 0 Å². The quantitative estimate of drug-likeness (QED) is 0.487. The lowest BCUT2D eigenvalue weighted by molar-refractivity contribution is -0.131. The third kappa shape index (κ3) is 5.52. The first-order chi connectivity index (χ1) is 13.5. The smallest absolute Gasteiger partial charge is 0.308 e. The van der Waals surface area contributed by atoms with E-state index in [1.165, 1.54) is 24.3 Å². The Labute approximate surface area is 166 Å². The highest BCUT2D eigenvalue weighted by molar-refractivity contribution is 7.10. The second kappa shape index (κ2) is 8.96. The Bertz CT molecular complexity index is 999. The van der Waals surface area contributed by atoms with Gasteiger partial charge in [0.25, 0.3) is 5.91 Å². The fraction of sp³-hybridized carbons (Fsp3) is 0.0952. The van der Waals surface area contributed by atoms with E-state index in [1.54, 1.807) is 42.5 Å². The van der Waals surface area contributed by atoms with Gasteiger partial charge in [-0.2, -0.15) is 0 Å². The SMILES string of the molecule is CC(=O)Oc1cccc(C(=O)Nc2cccc(NC(=O)Cc3cccs3)c2)c1. The molecule has 2 N–H and O–H groups in total. The van der Waals surface area contributed by atoms with Crippen LogP contribution < -0.4 is 15.4 Å². The van der Waals surface area contributed by atoms with Crippen molar-refractivity contribution in [3.8, 4) is 5.75 Å². The van der Waals surface area contributed by atoms with Crippen LogP contribution in [0.2, 0.25) is 0 Å². The second-order valence-electron chi connectivity index (χ2n) is 5.96. The van der Waals surface area contributed by atoms with Crippen LogP contribution >= 0.6 is 11.3 Å². The van der Waals surface area contributed by atoms with E-state index in [0.29, 0.717) is 29.1 Å². The topological polar surface area (TPSA) is 84.5 Å². The summed E-state index contributed by atoms with van der Waals surface area (Å²) >= 11 is 1.53. The normalized spacial score (nSPS) is 10.2. The van der Waals surface area contributed by atoms with E-state index < -0.39 is 5.97 Å². The molecule has 0 bridgehead atoms. The van der Waals surface area contributed by atoms with Crippen LogP contribution in [-0.4, -0.2) is 17.8 Å². The van der Waals surface area contributed by atoms with Crippen molar-refractivity contribution in [1.82, 2.24) is 0 Å². The molecule has 0 aliphatic carbocycles. The van der Waals surface area contributed by atoms with Crippen molar-refractivity contribution < 1.29 is 19.1 Å². The molecule has 0 spiro atoms. The molecule has 0 unspecified atom stereocenters. The summed E-state index contributed by atoms with van der Waals surface area (Å²) in [6, 6.07) is 17.1. The van der Waals surface area contributed by atoms with Gasteiger partial charge in [0.2, 0.25) is 5.91 Å². The largest absolute Gasteiger partial charge is 0.427 e. The fourth-order valence-corrected chi connectivity index (χ4v) is 3.22. The Hall–Kier alpha value is -3.45. The van der Waals surface area contributed by atoms with Gasteiger partial charge < -0.3 is 15.4 Å². The van der Waals surface area contributed by atoms with Crippen LogP contribution in [0.15, 0.2) is 66.0 Å². The second-order valence-corrected chi connectivity index (χ2v) is 6.99. The number of ether oxygens (including phenoxy) is 1. The third-order valence-electron chi connectivity index (χ3n) is 3.68. The van der Waals surface area contributed by atoms with Crippen molar-refractivity contribution in [3.05, 3.63) is 76.5 Å². The predicted octanol–water partition coefficient (Wildman–Crippen LogP) is 4.11. The number of esters is 1. The highest BCUT2D eigenvalue weighted by atomic mass is 32.1. The highest BCUT2D eigenvalue weighted by Crippen LogP contribution is 2.19. The zero-order chi connectivity index (χ0) is 19.9. The van der Waals surface area contributed by atoms with E-state index in [4.69, 9.17) is 4.74 Å². The average molecular weight is 394 g/mol. The molecule has 2 amide bonds. The van der Waals surface area contributed by atoms with Crippen molar-refractivity contribution >= 4 is 40.5 Å². The number of carbonyl (C=O) groups is 3. The predicted molar refractivity (Wildman–Crippen MR) is 109 cm³/mol. The van der Waals surface area contributed by atoms with E-state index in [0.717, 1.165) is 4.88 Å². The number of rotatable bonds is 6. The standard InChI is InChI=1S/C21H18N2O4S/c1-14(24)27-18-8-2-5-15(11-18)21(26)23-17-7-3-6-16(12-17)22-20(25)13-19-9-4-10-28-19/h2-12H,13H2,1H3,(H,22,25)(H,23,26). The zero-order valence-corrected chi connectivity index (χ0v) is 15.9. The van der Waals surface area contributed by atoms with Gasteiger partial charge in [0.05, 0.1) is 6.42 Å². The Balaban J connectivity index is 1.64. The van der Waals surface area contributed by atoms with E-state index in [9.17, 15) is 14.4 Å². The number of carbonyl (C=O) groups excluding carboxylic acids is 3. The molecule has 1 heterocycles. The molecule has 142 valence electrons. The lowest BCUT2D eigenvalue weighted by atomic mass is 10.2. The number of nitrogens with one attached hydrogen (secondary N) is 2. The number of thiophene rings is 1. The molecule has 3 aromatic rings. The van der Waals surface area contributed by atoms with Gasteiger partial charge in [-0.25, -0.2) is 0 Å². The number of amides is 2. The maximum absolute atomic E-state index is 12.5. The fourth-order valence-electron chi connectivity index (χ4n) is 2.52. The van der Waals surface area contributed by atoms with Gasteiger partial charge in [0.1, 0.15) is 5.75 Å². The van der Waals surface area contributed by atoms with Crippen molar-refractivity contribution in [3.63, 3.8) is 0 Å². The molecule has 3 rings (SSSR count). The van der Waals surface area contributed by atoms with Crippen LogP contribution in [0.5, 0.6) is 5.75 Å². The summed E-state index contributed by atoms with van der Waals surface area (Å²) < 4.78 is 5.00. The molecule has 0 aliphatic heterocycles. The maximum Gasteiger partial charge on any atom is 0.308 e. The molecule has 0 saturated heterocycles. The number of benzene rings is 2. The Kier molecular flexibility index (Phi) is 6.18. The van der Waals surface area contributed by atoms with Crippen molar-refractivity contribution in [2.45, 2.75) is 13.3 Å². The first kappa shape index (κ1) is 19.3. The first-order valence-electron chi connectivity index (χ1n) is 8.52. The van der Waals surface area contributed by atoms with E-state index in [1.807, 2.05) is 17.5 Å². The van der Waals surface area contributed by atoms with E-state index >= 15 is 0 Å². The van der Waals surface area contributed by atoms with Gasteiger partial charge in [-0.1, -0.05) is 18.2 Å². The van der Waals surface area contributed by atoms with Crippen LogP contribution in [0, 0.1) is 0 Å². The number of anilines is 2. The summed E-state index contributed by atoms with van der Waals surface area (Å²) in [5.74, 6) is -0.630. The lowest BCUT2D eigenvalue weighted by Crippen LogP contribution is -2.15. The van der Waals surface area contributed by atoms with Crippen LogP contribution in [-0.2, 0) is 16.0 Å². The number of hydrogen-bond donors (Lipinski definition) is 2. The highest BCUT2D eigenvalue weighted by Gasteiger charge is 2.10. The lowest BCUT2D eigenvalue weighted by Gasteiger charge is -2.09. The minimum absolute atomic E-state index is 0.125. The minimum atomic E-state index is -0.455. The van der Waals surface area contributed by atoms with Crippen molar-refractivity contribution in [2.24, 2.45) is 0 Å². The van der Waals surface area contributed by atoms with Gasteiger partial charge in [-0.3, -0.25) is 14.4 Å². The molecular weight excluding hydrogens is 376 g/mol. The third-order valence-corrected chi connectivity index (χ3v) is 4.55. The summed E-state index contributed by atoms with van der Waals surface area (Å²) in [4.78, 5) is 36.6. The Morgan fingerprint density at radius 2 is 1.68 bits per heavy atom. The molecule has 2 aromatic carbocycles. The monoisotopic (exact) mass is 394 g/mol. The summed E-state index contributed by atoms with van der Waals surface area (Å²) in [5.41, 5.74) is 1.48. The van der Waals surface area contributed by atoms with Gasteiger partial charge in [0, 0.05) is 28.7 Å². The molecule has 6 nitrogen and oxygen atoms in total. The Morgan fingerprint density at radius 1 is 0.929 bits per heavy atom. The van der Waals surface area contributed by atoms with Gasteiger partial charge >= 0.3 is 5.97 Å². The van der Waals surface area contributed by atoms with E-state index in [2.05, 4.69) is 10.6 Å². The molecule has 28 heavy (non-hydrogen) atoms. The first-order valence-corrected chi connectivity index (χ1v) is 9.40. The van der Waals surface area contributed by atoms with Crippen molar-refractivity contribution in [1.29, 1.82) is 0 Å². The summed E-state index contributed by atoms with van der Waals surface area (Å²) in [6.45, 7) is 1.30. The van der Waals surface area contributed by atoms with Crippen molar-refractivity contribution in [2.75, 3.05) is 10.6 Å². The Morgan fingerprint density at radius 3 is 2.39 bits per heavy atom. The van der Waals surface area contributed by atoms with Gasteiger partial charge in [-0.05, 0) is 47.8 Å². The summed E-state index contributed by atoms with van der Waals surface area (Å²) in [5, 5.41) is 7.52. The summed E-state index contributed by atoms with van der Waals surface area (Å²) in [6.07, 6.45) is 0.303. The molecule has 0 aliphatic rings. The molecule has 7 heteroatoms.